The van der Waals surface area contributed by atoms with Crippen LogP contribution in [0.15, 0.2) is 0 Å². The molecule has 3 saturated heterocycles. The van der Waals surface area contributed by atoms with Gasteiger partial charge in [0.1, 0.15) is 11.6 Å². The lowest BCUT2D eigenvalue weighted by Crippen LogP contribution is -2.55. The summed E-state index contributed by atoms with van der Waals surface area (Å²) in [5.41, 5.74) is -0.939. The molecule has 0 aliphatic carbocycles. The molecule has 0 saturated carbocycles. The highest BCUT2D eigenvalue weighted by molar-refractivity contribution is 5.98. The standard InChI is InChI=1S/C22H36N2O6/c1-3-5-7-12-23-19(26)18-22-11-10-15(30-22)16(21(28)29-4-2)17(22)20(27)24(18)13-8-6-9-14-25/h15-18,25H,3-14H2,1-2H3,(H,23,26)/t15-,16+,17+,18?,22?/m1/s1. The molecule has 2 unspecified atom stereocenters. The maximum atomic E-state index is 13.5. The van der Waals surface area contributed by atoms with Crippen molar-refractivity contribution in [3.05, 3.63) is 0 Å². The van der Waals surface area contributed by atoms with E-state index in [4.69, 9.17) is 14.6 Å². The molecule has 3 fully saturated rings. The van der Waals surface area contributed by atoms with Gasteiger partial charge in [0, 0.05) is 19.7 Å². The highest BCUT2D eigenvalue weighted by Gasteiger charge is 2.74. The second-order valence-corrected chi connectivity index (χ2v) is 8.62. The van der Waals surface area contributed by atoms with Crippen molar-refractivity contribution >= 4 is 17.8 Å². The molecule has 0 aromatic heterocycles. The molecule has 0 aromatic carbocycles. The summed E-state index contributed by atoms with van der Waals surface area (Å²) in [6.45, 7) is 5.21. The minimum absolute atomic E-state index is 0.109. The largest absolute Gasteiger partial charge is 0.466 e. The molecule has 5 atom stereocenters. The van der Waals surface area contributed by atoms with Crippen LogP contribution in [-0.2, 0) is 23.9 Å². The molecule has 3 rings (SSSR count). The smallest absolute Gasteiger partial charge is 0.312 e. The number of hydrogen-bond donors (Lipinski definition) is 2. The molecular formula is C22H36N2O6. The summed E-state index contributed by atoms with van der Waals surface area (Å²) in [7, 11) is 0. The van der Waals surface area contributed by atoms with Crippen molar-refractivity contribution in [2.24, 2.45) is 11.8 Å². The van der Waals surface area contributed by atoms with E-state index in [1.54, 1.807) is 11.8 Å². The Kier molecular flexibility index (Phi) is 7.74. The number of carbonyl (C=O) groups is 3. The van der Waals surface area contributed by atoms with E-state index in [2.05, 4.69) is 12.2 Å². The van der Waals surface area contributed by atoms with Gasteiger partial charge in [-0.1, -0.05) is 19.8 Å². The van der Waals surface area contributed by atoms with E-state index in [1.807, 2.05) is 0 Å². The first-order valence-electron chi connectivity index (χ1n) is 11.5. The van der Waals surface area contributed by atoms with Crippen LogP contribution in [0.3, 0.4) is 0 Å². The molecule has 2 amide bonds. The summed E-state index contributed by atoms with van der Waals surface area (Å²) >= 11 is 0. The molecule has 30 heavy (non-hydrogen) atoms. The number of aliphatic hydroxyl groups is 1. The Balaban J connectivity index is 1.82. The van der Waals surface area contributed by atoms with Crippen LogP contribution in [0.4, 0.5) is 0 Å². The molecule has 170 valence electrons. The monoisotopic (exact) mass is 424 g/mol. The third kappa shape index (κ3) is 4.08. The molecule has 2 bridgehead atoms. The fraction of sp³-hybridized carbons (Fsp3) is 0.864. The number of fused-ring (bicyclic) bond motifs is 1. The van der Waals surface area contributed by atoms with Gasteiger partial charge in [0.05, 0.1) is 24.5 Å². The number of aliphatic hydroxyl groups excluding tert-OH is 1. The lowest BCUT2D eigenvalue weighted by atomic mass is 9.71. The quantitative estimate of drug-likeness (QED) is 0.362. The van der Waals surface area contributed by atoms with Crippen molar-refractivity contribution in [1.82, 2.24) is 10.2 Å². The van der Waals surface area contributed by atoms with Gasteiger partial charge >= 0.3 is 5.97 Å². The maximum absolute atomic E-state index is 13.5. The van der Waals surface area contributed by atoms with Crippen molar-refractivity contribution in [2.75, 3.05) is 26.3 Å². The molecule has 2 N–H and O–H groups in total. The number of amides is 2. The van der Waals surface area contributed by atoms with Crippen LogP contribution >= 0.6 is 0 Å². The lowest BCUT2D eigenvalue weighted by Gasteiger charge is -2.33. The third-order valence-corrected chi connectivity index (χ3v) is 6.74. The number of rotatable bonds is 12. The third-order valence-electron chi connectivity index (χ3n) is 6.74. The van der Waals surface area contributed by atoms with Gasteiger partial charge in [-0.3, -0.25) is 14.4 Å². The molecule has 0 radical (unpaired) electrons. The molecule has 8 nitrogen and oxygen atoms in total. The Morgan fingerprint density at radius 1 is 1.23 bits per heavy atom. The van der Waals surface area contributed by atoms with Gasteiger partial charge < -0.3 is 24.8 Å². The average molecular weight is 425 g/mol. The van der Waals surface area contributed by atoms with E-state index >= 15 is 0 Å². The summed E-state index contributed by atoms with van der Waals surface area (Å²) in [4.78, 5) is 41.0. The van der Waals surface area contributed by atoms with Crippen molar-refractivity contribution in [1.29, 1.82) is 0 Å². The summed E-state index contributed by atoms with van der Waals surface area (Å²) < 4.78 is 11.5. The minimum atomic E-state index is -0.939. The van der Waals surface area contributed by atoms with Crippen molar-refractivity contribution in [3.8, 4) is 0 Å². The molecule has 0 aromatic rings. The van der Waals surface area contributed by atoms with Crippen LogP contribution in [0, 0.1) is 11.8 Å². The van der Waals surface area contributed by atoms with Gasteiger partial charge in [-0.15, -0.1) is 0 Å². The molecule has 3 aliphatic rings. The van der Waals surface area contributed by atoms with E-state index < -0.39 is 29.4 Å². The first-order valence-corrected chi connectivity index (χ1v) is 11.5. The van der Waals surface area contributed by atoms with Crippen LogP contribution in [-0.4, -0.2) is 71.8 Å². The van der Waals surface area contributed by atoms with Crippen LogP contribution in [0.5, 0.6) is 0 Å². The molecule has 3 aliphatic heterocycles. The number of esters is 1. The Bertz CT molecular complexity index is 641. The van der Waals surface area contributed by atoms with Gasteiger partial charge in [0.15, 0.2) is 0 Å². The van der Waals surface area contributed by atoms with Crippen LogP contribution in [0.25, 0.3) is 0 Å². The fourth-order valence-electron chi connectivity index (χ4n) is 5.45. The number of ether oxygens (including phenoxy) is 2. The van der Waals surface area contributed by atoms with E-state index in [9.17, 15) is 14.4 Å². The predicted molar refractivity (Wildman–Crippen MR) is 109 cm³/mol. The van der Waals surface area contributed by atoms with Gasteiger partial charge in [-0.25, -0.2) is 0 Å². The number of likely N-dealkylation sites (tertiary alicyclic amines) is 1. The Labute approximate surface area is 178 Å². The first-order chi connectivity index (χ1) is 14.5. The summed E-state index contributed by atoms with van der Waals surface area (Å²) in [5.74, 6) is -2.04. The van der Waals surface area contributed by atoms with E-state index in [0.717, 1.165) is 25.7 Å². The average Bonchev–Trinajstić information content (AvgIpc) is 3.36. The van der Waals surface area contributed by atoms with E-state index in [-0.39, 0.29) is 31.1 Å². The number of carbonyl (C=O) groups excluding carboxylic acids is 3. The highest BCUT2D eigenvalue weighted by Crippen LogP contribution is 2.58. The Morgan fingerprint density at radius 3 is 2.73 bits per heavy atom. The zero-order chi connectivity index (χ0) is 21.7. The SMILES string of the molecule is CCCCCNC(=O)C1N(CCCCCO)C(=O)[C@@H]2[C@@H](C(=O)OCC)[C@H]3CCC12O3. The number of hydrogen-bond acceptors (Lipinski definition) is 6. The minimum Gasteiger partial charge on any atom is -0.466 e. The highest BCUT2D eigenvalue weighted by atomic mass is 16.6. The zero-order valence-corrected chi connectivity index (χ0v) is 18.2. The summed E-state index contributed by atoms with van der Waals surface area (Å²) in [5, 5.41) is 12.0. The van der Waals surface area contributed by atoms with Gasteiger partial charge in [0.25, 0.3) is 0 Å². The normalized spacial score (nSPS) is 31.8. The lowest BCUT2D eigenvalue weighted by molar-refractivity contribution is -0.154. The number of nitrogens with one attached hydrogen (secondary N) is 1. The topological polar surface area (TPSA) is 105 Å². The van der Waals surface area contributed by atoms with Gasteiger partial charge in [-0.05, 0) is 45.4 Å². The van der Waals surface area contributed by atoms with Crippen LogP contribution < -0.4 is 5.32 Å². The second-order valence-electron chi connectivity index (χ2n) is 8.62. The summed E-state index contributed by atoms with van der Waals surface area (Å²) in [6, 6.07) is -0.713. The van der Waals surface area contributed by atoms with Gasteiger partial charge in [-0.2, -0.15) is 0 Å². The van der Waals surface area contributed by atoms with Crippen LogP contribution in [0.1, 0.15) is 65.2 Å². The molecule has 1 spiro atoms. The Morgan fingerprint density at radius 2 is 2.03 bits per heavy atom. The molecular weight excluding hydrogens is 388 g/mol. The molecule has 3 heterocycles. The predicted octanol–water partition coefficient (Wildman–Crippen LogP) is 1.39. The fourth-order valence-corrected chi connectivity index (χ4v) is 5.45. The number of unbranched alkanes of at least 4 members (excludes halogenated alkanes) is 4. The van der Waals surface area contributed by atoms with E-state index in [1.165, 1.54) is 0 Å². The number of nitrogens with zero attached hydrogens (tertiary/aromatic N) is 1. The van der Waals surface area contributed by atoms with E-state index in [0.29, 0.717) is 38.8 Å². The van der Waals surface area contributed by atoms with Crippen molar-refractivity contribution in [2.45, 2.75) is 83.0 Å². The maximum Gasteiger partial charge on any atom is 0.312 e. The van der Waals surface area contributed by atoms with Gasteiger partial charge in [0.2, 0.25) is 11.8 Å². The summed E-state index contributed by atoms with van der Waals surface area (Å²) in [6.07, 6.45) is 6.02. The Hall–Kier alpha value is -1.67. The van der Waals surface area contributed by atoms with Crippen LogP contribution in [0.2, 0.25) is 0 Å². The van der Waals surface area contributed by atoms with Crippen molar-refractivity contribution in [3.63, 3.8) is 0 Å². The second kappa shape index (κ2) is 10.1. The first kappa shape index (κ1) is 23.0. The zero-order valence-electron chi connectivity index (χ0n) is 18.2. The molecule has 8 heteroatoms. The van der Waals surface area contributed by atoms with Crippen molar-refractivity contribution < 1.29 is 29.0 Å².